The molecule has 0 amide bonds. The van der Waals surface area contributed by atoms with E-state index in [1.54, 1.807) is 0 Å². The number of hydrazine groups is 1. The molecule has 0 saturated carbocycles. The molecule has 0 aliphatic carbocycles. The maximum Gasteiger partial charge on any atom is 0.420 e. The van der Waals surface area contributed by atoms with Crippen LogP contribution < -0.4 is 15.8 Å². The number of anilines is 2. The molecule has 2 heterocycles. The number of piperazine rings is 1. The van der Waals surface area contributed by atoms with Crippen molar-refractivity contribution in [3.8, 4) is 0 Å². The molecule has 1 aromatic heterocycles. The topological polar surface area (TPSA) is 43.4 Å². The summed E-state index contributed by atoms with van der Waals surface area (Å²) in [6.07, 6.45) is -4.42. The molecule has 8 heteroatoms. The maximum absolute atomic E-state index is 12.9. The number of nitrogens with one attached hydrogen (secondary N) is 2. The summed E-state index contributed by atoms with van der Waals surface area (Å²) in [6.45, 7) is 3.26. The molecule has 112 valence electrons. The van der Waals surface area contributed by atoms with Crippen LogP contribution >= 0.6 is 0 Å². The number of halogens is 3. The molecule has 2 N–H and O–H groups in total. The van der Waals surface area contributed by atoms with E-state index in [-0.39, 0.29) is 5.82 Å². The number of hydrogen-bond acceptors (Lipinski definition) is 5. The lowest BCUT2D eigenvalue weighted by atomic mass is 10.2. The molecule has 1 fully saturated rings. The van der Waals surface area contributed by atoms with Gasteiger partial charge in [0.2, 0.25) is 0 Å². The Morgan fingerprint density at radius 3 is 2.35 bits per heavy atom. The second kappa shape index (κ2) is 5.84. The summed E-state index contributed by atoms with van der Waals surface area (Å²) in [4.78, 5) is 8.25. The lowest BCUT2D eigenvalue weighted by molar-refractivity contribution is -0.137. The van der Waals surface area contributed by atoms with E-state index in [1.165, 1.54) is 13.1 Å². The molecule has 0 atom stereocenters. The van der Waals surface area contributed by atoms with Crippen LogP contribution in [0.25, 0.3) is 0 Å². The van der Waals surface area contributed by atoms with Gasteiger partial charge < -0.3 is 15.2 Å². The molecule has 1 aromatic rings. The Bertz CT molecular complexity index is 455. The predicted molar refractivity (Wildman–Crippen MR) is 71.6 cm³/mol. The van der Waals surface area contributed by atoms with Gasteiger partial charge in [-0.25, -0.2) is 10.4 Å². The number of alkyl halides is 3. The predicted octanol–water partition coefficient (Wildman–Crippen LogP) is 1.40. The van der Waals surface area contributed by atoms with E-state index in [9.17, 15) is 13.2 Å². The largest absolute Gasteiger partial charge is 0.420 e. The Hall–Kier alpha value is -1.54. The summed E-state index contributed by atoms with van der Waals surface area (Å²) in [5.41, 5.74) is 4.17. The second-order valence-corrected chi connectivity index (χ2v) is 4.73. The monoisotopic (exact) mass is 289 g/mol. The Morgan fingerprint density at radius 2 is 1.80 bits per heavy atom. The minimum absolute atomic E-state index is 0.198. The molecule has 1 aliphatic rings. The molecule has 0 aromatic carbocycles. The highest BCUT2D eigenvalue weighted by molar-refractivity contribution is 5.53. The van der Waals surface area contributed by atoms with Crippen molar-refractivity contribution in [1.82, 2.24) is 15.3 Å². The quantitative estimate of drug-likeness (QED) is 0.824. The van der Waals surface area contributed by atoms with Gasteiger partial charge in [0.15, 0.2) is 5.82 Å². The fraction of sp³-hybridized carbons (Fsp3) is 0.583. The Morgan fingerprint density at radius 1 is 1.15 bits per heavy atom. The summed E-state index contributed by atoms with van der Waals surface area (Å²) in [6, 6.07) is 2.50. The number of aromatic nitrogens is 1. The standard InChI is InChI=1S/C12H18F3N5/c1-16-18-11-9(12(13,14)15)3-4-10(17-11)20-7-5-19(2)6-8-20/h3-4,16H,5-8H2,1-2H3,(H,17,18). The average Bonchev–Trinajstić information content (AvgIpc) is 2.38. The van der Waals surface area contributed by atoms with Crippen molar-refractivity contribution in [2.24, 2.45) is 0 Å². The van der Waals surface area contributed by atoms with Gasteiger partial charge in [0.25, 0.3) is 0 Å². The minimum atomic E-state index is -4.42. The Kier molecular flexibility index (Phi) is 4.34. The summed E-state index contributed by atoms with van der Waals surface area (Å²) in [7, 11) is 3.52. The third-order valence-corrected chi connectivity index (χ3v) is 3.26. The SMILES string of the molecule is CNNc1nc(N2CCN(C)CC2)ccc1C(F)(F)F. The van der Waals surface area contributed by atoms with Crippen molar-refractivity contribution in [2.45, 2.75) is 6.18 Å². The zero-order valence-electron chi connectivity index (χ0n) is 11.5. The summed E-state index contributed by atoms with van der Waals surface area (Å²) < 4.78 is 38.6. The first-order valence-electron chi connectivity index (χ1n) is 6.36. The molecule has 0 unspecified atom stereocenters. The molecule has 2 rings (SSSR count). The van der Waals surface area contributed by atoms with Crippen LogP contribution in [0.5, 0.6) is 0 Å². The summed E-state index contributed by atoms with van der Waals surface area (Å²) in [5, 5.41) is 0. The van der Waals surface area contributed by atoms with Crippen molar-refractivity contribution >= 4 is 11.6 Å². The van der Waals surface area contributed by atoms with Crippen LogP contribution in [0, 0.1) is 0 Å². The zero-order chi connectivity index (χ0) is 14.8. The highest BCUT2D eigenvalue weighted by Gasteiger charge is 2.34. The van der Waals surface area contributed by atoms with E-state index in [0.717, 1.165) is 32.2 Å². The molecule has 1 aliphatic heterocycles. The van der Waals surface area contributed by atoms with Gasteiger partial charge in [0, 0.05) is 33.2 Å². The van der Waals surface area contributed by atoms with Gasteiger partial charge in [-0.15, -0.1) is 0 Å². The fourth-order valence-corrected chi connectivity index (χ4v) is 2.10. The minimum Gasteiger partial charge on any atom is -0.354 e. The van der Waals surface area contributed by atoms with Gasteiger partial charge in [0.1, 0.15) is 5.82 Å². The van der Waals surface area contributed by atoms with E-state index in [0.29, 0.717) is 5.82 Å². The smallest absolute Gasteiger partial charge is 0.354 e. The maximum atomic E-state index is 12.9. The van der Waals surface area contributed by atoms with Crippen molar-refractivity contribution in [3.63, 3.8) is 0 Å². The van der Waals surface area contributed by atoms with Crippen LogP contribution in [0.1, 0.15) is 5.56 Å². The van der Waals surface area contributed by atoms with E-state index in [4.69, 9.17) is 0 Å². The van der Waals surface area contributed by atoms with Gasteiger partial charge in [0.05, 0.1) is 5.56 Å². The molecule has 0 radical (unpaired) electrons. The lowest BCUT2D eigenvalue weighted by Crippen LogP contribution is -2.44. The third-order valence-electron chi connectivity index (χ3n) is 3.26. The van der Waals surface area contributed by atoms with E-state index in [2.05, 4.69) is 20.7 Å². The van der Waals surface area contributed by atoms with Crippen LogP contribution in [0.4, 0.5) is 24.8 Å². The Labute approximate surface area is 115 Å². The van der Waals surface area contributed by atoms with Gasteiger partial charge in [-0.3, -0.25) is 0 Å². The van der Waals surface area contributed by atoms with E-state index < -0.39 is 11.7 Å². The van der Waals surface area contributed by atoms with Crippen molar-refractivity contribution in [3.05, 3.63) is 17.7 Å². The van der Waals surface area contributed by atoms with Crippen LogP contribution in [-0.4, -0.2) is 50.2 Å². The highest BCUT2D eigenvalue weighted by atomic mass is 19.4. The normalized spacial score (nSPS) is 17.4. The van der Waals surface area contributed by atoms with Crippen LogP contribution in [0.15, 0.2) is 12.1 Å². The number of rotatable bonds is 3. The van der Waals surface area contributed by atoms with E-state index in [1.807, 2.05) is 11.9 Å². The Balaban J connectivity index is 2.25. The number of nitrogens with zero attached hydrogens (tertiary/aromatic N) is 3. The number of pyridine rings is 1. The molecule has 1 saturated heterocycles. The first-order valence-corrected chi connectivity index (χ1v) is 6.36. The first kappa shape index (κ1) is 14.9. The molecule has 0 bridgehead atoms. The summed E-state index contributed by atoms with van der Waals surface area (Å²) >= 11 is 0. The zero-order valence-corrected chi connectivity index (χ0v) is 11.5. The molecular formula is C12H18F3N5. The van der Waals surface area contributed by atoms with Crippen LogP contribution in [0.2, 0.25) is 0 Å². The second-order valence-electron chi connectivity index (χ2n) is 4.73. The molecule has 5 nitrogen and oxygen atoms in total. The van der Waals surface area contributed by atoms with Crippen LogP contribution in [0.3, 0.4) is 0 Å². The average molecular weight is 289 g/mol. The number of likely N-dealkylation sites (N-methyl/N-ethyl adjacent to an activating group) is 1. The molecular weight excluding hydrogens is 271 g/mol. The highest BCUT2D eigenvalue weighted by Crippen LogP contribution is 2.34. The van der Waals surface area contributed by atoms with Gasteiger partial charge in [-0.1, -0.05) is 0 Å². The number of hydrogen-bond donors (Lipinski definition) is 2. The van der Waals surface area contributed by atoms with Gasteiger partial charge >= 0.3 is 6.18 Å². The van der Waals surface area contributed by atoms with E-state index >= 15 is 0 Å². The van der Waals surface area contributed by atoms with Crippen molar-refractivity contribution < 1.29 is 13.2 Å². The molecule has 20 heavy (non-hydrogen) atoms. The van der Waals surface area contributed by atoms with Crippen molar-refractivity contribution in [1.29, 1.82) is 0 Å². The third kappa shape index (κ3) is 3.31. The van der Waals surface area contributed by atoms with Crippen LogP contribution in [-0.2, 0) is 6.18 Å². The first-order chi connectivity index (χ1) is 9.41. The van der Waals surface area contributed by atoms with Gasteiger partial charge in [-0.2, -0.15) is 13.2 Å². The van der Waals surface area contributed by atoms with Gasteiger partial charge in [-0.05, 0) is 19.2 Å². The fourth-order valence-electron chi connectivity index (χ4n) is 2.10. The van der Waals surface area contributed by atoms with Crippen molar-refractivity contribution in [2.75, 3.05) is 50.6 Å². The summed E-state index contributed by atoms with van der Waals surface area (Å²) in [5.74, 6) is 0.361. The molecule has 0 spiro atoms. The lowest BCUT2D eigenvalue weighted by Gasteiger charge is -2.33.